The molecule has 0 saturated carbocycles. The first-order valence-corrected chi connectivity index (χ1v) is 6.90. The fourth-order valence-electron chi connectivity index (χ4n) is 0.928. The van der Waals surface area contributed by atoms with Crippen molar-refractivity contribution in [2.75, 3.05) is 19.3 Å². The number of benzene rings is 1. The highest BCUT2D eigenvalue weighted by atomic mass is 33.1. The van der Waals surface area contributed by atoms with Crippen molar-refractivity contribution in [3.8, 4) is 0 Å². The van der Waals surface area contributed by atoms with Gasteiger partial charge in [0.05, 0.1) is 0 Å². The third kappa shape index (κ3) is 4.59. The topological polar surface area (TPSA) is 55.1 Å². The van der Waals surface area contributed by atoms with Crippen LogP contribution in [0.3, 0.4) is 0 Å². The third-order valence-corrected chi connectivity index (χ3v) is 4.11. The molecule has 3 N–H and O–H groups in total. The molecule has 1 aromatic rings. The highest BCUT2D eigenvalue weighted by Gasteiger charge is 1.99. The number of hydrogen-bond donors (Lipinski definition) is 2. The number of nitrogens with two attached hydrogens (primary N) is 1. The maximum atomic E-state index is 10.8. The summed E-state index contributed by atoms with van der Waals surface area (Å²) in [5.74, 6) is 0.674. The Balaban J connectivity index is 2.39. The minimum Gasteiger partial charge on any atom is -0.366 e. The molecule has 0 bridgehead atoms. The number of carbonyl (C=O) groups is 1. The van der Waals surface area contributed by atoms with Gasteiger partial charge in [0.1, 0.15) is 0 Å². The molecule has 0 atom stereocenters. The average Bonchev–Trinajstić information content (AvgIpc) is 2.25. The number of amides is 1. The second-order valence-corrected chi connectivity index (χ2v) is 5.39. The Morgan fingerprint density at radius 3 is 2.60 bits per heavy atom. The van der Waals surface area contributed by atoms with Gasteiger partial charge in [-0.25, -0.2) is 0 Å². The van der Waals surface area contributed by atoms with E-state index in [9.17, 15) is 4.79 Å². The van der Waals surface area contributed by atoms with Crippen molar-refractivity contribution in [1.29, 1.82) is 0 Å². The van der Waals surface area contributed by atoms with Gasteiger partial charge in [-0.15, -0.1) is 0 Å². The summed E-state index contributed by atoms with van der Waals surface area (Å²) in [6, 6.07) is 7.33. The third-order valence-electron chi connectivity index (χ3n) is 1.73. The molecule has 0 heterocycles. The fourth-order valence-corrected chi connectivity index (χ4v) is 2.92. The molecule has 5 heteroatoms. The summed E-state index contributed by atoms with van der Waals surface area (Å²) >= 11 is 0. The van der Waals surface area contributed by atoms with Crippen LogP contribution in [-0.2, 0) is 0 Å². The fraction of sp³-hybridized carbons (Fsp3) is 0.300. The lowest BCUT2D eigenvalue weighted by Crippen LogP contribution is -2.10. The SMILES string of the molecule is CNCCSSc1ccc(C(N)=O)cc1. The minimum absolute atomic E-state index is 0.380. The maximum Gasteiger partial charge on any atom is 0.248 e. The number of nitrogens with one attached hydrogen (secondary N) is 1. The van der Waals surface area contributed by atoms with Crippen LogP contribution in [-0.4, -0.2) is 25.3 Å². The lowest BCUT2D eigenvalue weighted by atomic mass is 10.2. The van der Waals surface area contributed by atoms with Crippen molar-refractivity contribution < 1.29 is 4.79 Å². The van der Waals surface area contributed by atoms with E-state index in [1.165, 1.54) is 0 Å². The molecule has 0 unspecified atom stereocenters. The molecule has 0 aliphatic rings. The smallest absolute Gasteiger partial charge is 0.248 e. The molecule has 0 aromatic heterocycles. The van der Waals surface area contributed by atoms with Crippen LogP contribution in [0.2, 0.25) is 0 Å². The molecule has 0 saturated heterocycles. The van der Waals surface area contributed by atoms with Crippen molar-refractivity contribution in [3.63, 3.8) is 0 Å². The van der Waals surface area contributed by atoms with Crippen LogP contribution in [0.15, 0.2) is 29.2 Å². The second kappa shape index (κ2) is 6.76. The molecule has 0 fully saturated rings. The van der Waals surface area contributed by atoms with Crippen molar-refractivity contribution in [2.45, 2.75) is 4.90 Å². The first-order chi connectivity index (χ1) is 7.24. The van der Waals surface area contributed by atoms with Crippen molar-refractivity contribution in [2.24, 2.45) is 5.73 Å². The average molecular weight is 242 g/mol. The van der Waals surface area contributed by atoms with Gasteiger partial charge < -0.3 is 11.1 Å². The molecular formula is C10H14N2OS2. The van der Waals surface area contributed by atoms with Crippen LogP contribution in [0.1, 0.15) is 10.4 Å². The van der Waals surface area contributed by atoms with Gasteiger partial charge in [-0.05, 0) is 31.3 Å². The number of carbonyl (C=O) groups excluding carboxylic acids is 1. The largest absolute Gasteiger partial charge is 0.366 e. The van der Waals surface area contributed by atoms with Crippen LogP contribution in [0.25, 0.3) is 0 Å². The van der Waals surface area contributed by atoms with Gasteiger partial charge in [0.15, 0.2) is 0 Å². The Morgan fingerprint density at radius 1 is 1.40 bits per heavy atom. The predicted molar refractivity (Wildman–Crippen MR) is 67.2 cm³/mol. The lowest BCUT2D eigenvalue weighted by Gasteiger charge is -2.01. The van der Waals surface area contributed by atoms with E-state index in [0.29, 0.717) is 5.56 Å². The highest BCUT2D eigenvalue weighted by molar-refractivity contribution is 8.76. The zero-order valence-electron chi connectivity index (χ0n) is 8.53. The summed E-state index contributed by atoms with van der Waals surface area (Å²) in [5, 5.41) is 3.08. The predicted octanol–water partition coefficient (Wildman–Crippen LogP) is 1.75. The van der Waals surface area contributed by atoms with Crippen molar-refractivity contribution in [3.05, 3.63) is 29.8 Å². The van der Waals surface area contributed by atoms with Crippen molar-refractivity contribution in [1.82, 2.24) is 5.32 Å². The molecule has 0 aliphatic heterocycles. The molecule has 0 spiro atoms. The number of primary amides is 1. The molecule has 82 valence electrons. The van der Waals surface area contributed by atoms with Gasteiger partial charge in [-0.1, -0.05) is 21.6 Å². The highest BCUT2D eigenvalue weighted by Crippen LogP contribution is 2.30. The van der Waals surface area contributed by atoms with Gasteiger partial charge in [0.2, 0.25) is 5.91 Å². The molecule has 1 rings (SSSR count). The summed E-state index contributed by atoms with van der Waals surface area (Å²) < 4.78 is 0. The molecule has 3 nitrogen and oxygen atoms in total. The van der Waals surface area contributed by atoms with Crippen LogP contribution >= 0.6 is 21.6 Å². The molecule has 0 radical (unpaired) electrons. The molecule has 0 aliphatic carbocycles. The minimum atomic E-state index is -0.380. The van der Waals surface area contributed by atoms with E-state index >= 15 is 0 Å². The molecule has 1 aromatic carbocycles. The van der Waals surface area contributed by atoms with E-state index in [1.54, 1.807) is 33.7 Å². The normalized spacial score (nSPS) is 10.2. The summed E-state index contributed by atoms with van der Waals surface area (Å²) in [7, 11) is 5.43. The first kappa shape index (κ1) is 12.4. The Hall–Kier alpha value is -0.650. The summed E-state index contributed by atoms with van der Waals surface area (Å²) in [6.45, 7) is 0.997. The molecule has 15 heavy (non-hydrogen) atoms. The number of rotatable bonds is 6. The van der Waals surface area contributed by atoms with Gasteiger partial charge >= 0.3 is 0 Å². The Bertz CT molecular complexity index is 314. The van der Waals surface area contributed by atoms with Crippen LogP contribution in [0.5, 0.6) is 0 Å². The van der Waals surface area contributed by atoms with E-state index in [-0.39, 0.29) is 5.91 Å². The zero-order valence-corrected chi connectivity index (χ0v) is 10.2. The second-order valence-electron chi connectivity index (χ2n) is 2.90. The Morgan fingerprint density at radius 2 is 2.07 bits per heavy atom. The molecule has 1 amide bonds. The Labute approximate surface area is 97.6 Å². The van der Waals surface area contributed by atoms with Gasteiger partial charge in [0, 0.05) is 22.8 Å². The maximum absolute atomic E-state index is 10.8. The quantitative estimate of drug-likeness (QED) is 0.589. The van der Waals surface area contributed by atoms with E-state index in [4.69, 9.17) is 5.73 Å². The summed E-state index contributed by atoms with van der Waals surface area (Å²) in [6.07, 6.45) is 0. The monoisotopic (exact) mass is 242 g/mol. The van der Waals surface area contributed by atoms with Crippen molar-refractivity contribution >= 4 is 27.5 Å². The van der Waals surface area contributed by atoms with E-state index in [2.05, 4.69) is 5.32 Å². The van der Waals surface area contributed by atoms with Crippen LogP contribution in [0.4, 0.5) is 0 Å². The first-order valence-electron chi connectivity index (χ1n) is 4.58. The lowest BCUT2D eigenvalue weighted by molar-refractivity contribution is 0.100. The standard InChI is InChI=1S/C10H14N2OS2/c1-12-6-7-14-15-9-4-2-8(3-5-9)10(11)13/h2-5,12H,6-7H2,1H3,(H2,11,13). The van der Waals surface area contributed by atoms with E-state index in [1.807, 2.05) is 19.2 Å². The van der Waals surface area contributed by atoms with Gasteiger partial charge in [0.25, 0.3) is 0 Å². The zero-order chi connectivity index (χ0) is 11.1. The van der Waals surface area contributed by atoms with E-state index in [0.717, 1.165) is 17.2 Å². The summed E-state index contributed by atoms with van der Waals surface area (Å²) in [5.41, 5.74) is 5.70. The Kier molecular flexibility index (Phi) is 5.60. The summed E-state index contributed by atoms with van der Waals surface area (Å²) in [4.78, 5) is 12.0. The van der Waals surface area contributed by atoms with Gasteiger partial charge in [-0.2, -0.15) is 0 Å². The van der Waals surface area contributed by atoms with E-state index < -0.39 is 0 Å². The molecular weight excluding hydrogens is 228 g/mol. The van der Waals surface area contributed by atoms with Crippen LogP contribution in [0, 0.1) is 0 Å². The van der Waals surface area contributed by atoms with Gasteiger partial charge in [-0.3, -0.25) is 4.79 Å². The van der Waals surface area contributed by atoms with Crippen LogP contribution < -0.4 is 11.1 Å². The number of hydrogen-bond acceptors (Lipinski definition) is 4.